The van der Waals surface area contributed by atoms with E-state index in [2.05, 4.69) is 5.32 Å². The van der Waals surface area contributed by atoms with Crippen LogP contribution in [0.4, 0.5) is 0 Å². The van der Waals surface area contributed by atoms with Crippen LogP contribution in [0.25, 0.3) is 0 Å². The Bertz CT molecular complexity index is 545. The highest BCUT2D eigenvalue weighted by Gasteiger charge is 2.47. The van der Waals surface area contributed by atoms with Gasteiger partial charge >= 0.3 is 0 Å². The van der Waals surface area contributed by atoms with Gasteiger partial charge < -0.3 is 5.32 Å². The third-order valence-corrected chi connectivity index (χ3v) is 6.25. The summed E-state index contributed by atoms with van der Waals surface area (Å²) >= 11 is 0. The molecule has 5 heteroatoms. The fourth-order valence-corrected chi connectivity index (χ4v) is 5.00. The van der Waals surface area contributed by atoms with Gasteiger partial charge in [-0.3, -0.25) is 19.3 Å². The van der Waals surface area contributed by atoms with Crippen molar-refractivity contribution in [1.29, 1.82) is 0 Å². The number of allylic oxidation sites excluding steroid dienone is 2. The molecule has 5 atom stereocenters. The summed E-state index contributed by atoms with van der Waals surface area (Å²) in [5.41, 5.74) is 0. The number of fused-ring (bicyclic) bond motifs is 3. The lowest BCUT2D eigenvalue weighted by Gasteiger charge is -2.23. The highest BCUT2D eigenvalue weighted by atomic mass is 16.2. The number of likely N-dealkylation sites (tertiary alicyclic amines) is 1. The fourth-order valence-electron chi connectivity index (χ4n) is 5.00. The molecule has 1 N–H and O–H groups in total. The summed E-state index contributed by atoms with van der Waals surface area (Å²) in [4.78, 5) is 38.2. The Kier molecular flexibility index (Phi) is 3.74. The molecule has 0 radical (unpaired) electrons. The molecule has 2 saturated carbocycles. The Labute approximate surface area is 136 Å². The highest BCUT2D eigenvalue weighted by Crippen LogP contribution is 2.44. The number of carbonyl (C=O) groups is 3. The molecule has 4 rings (SSSR count). The molecule has 0 unspecified atom stereocenters. The van der Waals surface area contributed by atoms with Crippen molar-refractivity contribution in [3.8, 4) is 0 Å². The number of rotatable bonds is 4. The van der Waals surface area contributed by atoms with Gasteiger partial charge in [0.05, 0.1) is 11.8 Å². The monoisotopic (exact) mass is 316 g/mol. The normalized spacial score (nSPS) is 38.3. The van der Waals surface area contributed by atoms with Gasteiger partial charge in [-0.05, 0) is 43.9 Å². The molecule has 0 aromatic carbocycles. The number of nitrogens with zero attached hydrogens (tertiary/aromatic N) is 1. The molecule has 1 heterocycles. The maximum Gasteiger partial charge on any atom is 0.233 e. The second kappa shape index (κ2) is 5.77. The molecule has 3 aliphatic carbocycles. The summed E-state index contributed by atoms with van der Waals surface area (Å²) in [7, 11) is 0. The smallest absolute Gasteiger partial charge is 0.233 e. The molecule has 124 valence electrons. The van der Waals surface area contributed by atoms with Gasteiger partial charge in [0.25, 0.3) is 0 Å². The molecule has 1 saturated heterocycles. The van der Waals surface area contributed by atoms with Gasteiger partial charge in [-0.2, -0.15) is 0 Å². The number of nitrogens with one attached hydrogen (secondary N) is 1. The molecule has 5 nitrogen and oxygen atoms in total. The minimum Gasteiger partial charge on any atom is -0.353 e. The fraction of sp³-hybridized carbons (Fsp3) is 0.722. The molecular formula is C18H24N2O3. The van der Waals surface area contributed by atoms with Gasteiger partial charge in [0.15, 0.2) is 0 Å². The van der Waals surface area contributed by atoms with Crippen LogP contribution in [0, 0.1) is 23.7 Å². The first-order valence-electron chi connectivity index (χ1n) is 8.93. The molecular weight excluding hydrogens is 292 g/mol. The van der Waals surface area contributed by atoms with E-state index in [1.54, 1.807) is 0 Å². The molecule has 4 aliphatic rings. The van der Waals surface area contributed by atoms with E-state index in [1.807, 2.05) is 12.2 Å². The predicted octanol–water partition coefficient (Wildman–Crippen LogP) is 1.63. The zero-order valence-electron chi connectivity index (χ0n) is 13.4. The molecule has 3 amide bonds. The van der Waals surface area contributed by atoms with E-state index in [0.717, 1.165) is 12.3 Å². The summed E-state index contributed by atoms with van der Waals surface area (Å²) < 4.78 is 0. The SMILES string of the molecule is O=C(CCN1C(=O)[C@H]2CC=CC[C@H]2C1=O)N[C@@H]1C[C@H]2CC[C@@H]1C2. The lowest BCUT2D eigenvalue weighted by Crippen LogP contribution is -2.41. The van der Waals surface area contributed by atoms with Crippen LogP contribution in [0.1, 0.15) is 44.9 Å². The molecule has 0 aromatic rings. The van der Waals surface area contributed by atoms with Gasteiger partial charge in [0.1, 0.15) is 0 Å². The van der Waals surface area contributed by atoms with Crippen LogP contribution in [0.2, 0.25) is 0 Å². The van der Waals surface area contributed by atoms with E-state index in [1.165, 1.54) is 24.2 Å². The average molecular weight is 316 g/mol. The first-order valence-corrected chi connectivity index (χ1v) is 8.93. The van der Waals surface area contributed by atoms with Crippen LogP contribution >= 0.6 is 0 Å². The van der Waals surface area contributed by atoms with Gasteiger partial charge in [0, 0.05) is 19.0 Å². The second-order valence-electron chi connectivity index (χ2n) is 7.58. The van der Waals surface area contributed by atoms with Crippen molar-refractivity contribution in [2.75, 3.05) is 6.54 Å². The van der Waals surface area contributed by atoms with Crippen molar-refractivity contribution in [3.05, 3.63) is 12.2 Å². The van der Waals surface area contributed by atoms with E-state index in [9.17, 15) is 14.4 Å². The summed E-state index contributed by atoms with van der Waals surface area (Å²) in [6.45, 7) is 0.233. The van der Waals surface area contributed by atoms with Crippen LogP contribution in [-0.2, 0) is 14.4 Å². The van der Waals surface area contributed by atoms with Crippen molar-refractivity contribution >= 4 is 17.7 Å². The quantitative estimate of drug-likeness (QED) is 0.633. The van der Waals surface area contributed by atoms with Crippen molar-refractivity contribution in [2.45, 2.75) is 51.0 Å². The van der Waals surface area contributed by atoms with Crippen molar-refractivity contribution in [2.24, 2.45) is 23.7 Å². The number of carbonyl (C=O) groups excluding carboxylic acids is 3. The third kappa shape index (κ3) is 2.60. The van der Waals surface area contributed by atoms with Crippen molar-refractivity contribution in [3.63, 3.8) is 0 Å². The van der Waals surface area contributed by atoms with Gasteiger partial charge in [-0.1, -0.05) is 18.6 Å². The van der Waals surface area contributed by atoms with Crippen molar-refractivity contribution < 1.29 is 14.4 Å². The zero-order chi connectivity index (χ0) is 16.0. The first kappa shape index (κ1) is 14.9. The van der Waals surface area contributed by atoms with Crippen LogP contribution < -0.4 is 5.32 Å². The summed E-state index contributed by atoms with van der Waals surface area (Å²) in [6.07, 6.45) is 10.4. The maximum absolute atomic E-state index is 12.4. The summed E-state index contributed by atoms with van der Waals surface area (Å²) in [5.74, 6) is 0.864. The first-order chi connectivity index (χ1) is 11.1. The number of amides is 3. The molecule has 0 spiro atoms. The Hall–Kier alpha value is -1.65. The highest BCUT2D eigenvalue weighted by molar-refractivity contribution is 6.05. The minimum atomic E-state index is -0.193. The molecule has 3 fully saturated rings. The average Bonchev–Trinajstić information content (AvgIpc) is 3.22. The lowest BCUT2D eigenvalue weighted by atomic mass is 9.85. The van der Waals surface area contributed by atoms with E-state index in [0.29, 0.717) is 24.8 Å². The van der Waals surface area contributed by atoms with E-state index in [4.69, 9.17) is 0 Å². The van der Waals surface area contributed by atoms with Gasteiger partial charge in [-0.15, -0.1) is 0 Å². The molecule has 0 aromatic heterocycles. The number of imide groups is 1. The Morgan fingerprint density at radius 1 is 1.09 bits per heavy atom. The Balaban J connectivity index is 1.30. The lowest BCUT2D eigenvalue weighted by molar-refractivity contribution is -0.140. The number of hydrogen-bond acceptors (Lipinski definition) is 3. The van der Waals surface area contributed by atoms with Crippen LogP contribution in [-0.4, -0.2) is 35.2 Å². The summed E-state index contributed by atoms with van der Waals surface area (Å²) in [5, 5.41) is 3.13. The van der Waals surface area contributed by atoms with Crippen LogP contribution in [0.15, 0.2) is 12.2 Å². The van der Waals surface area contributed by atoms with E-state index >= 15 is 0 Å². The molecule has 1 aliphatic heterocycles. The van der Waals surface area contributed by atoms with E-state index < -0.39 is 0 Å². The second-order valence-corrected chi connectivity index (χ2v) is 7.58. The van der Waals surface area contributed by atoms with Gasteiger partial charge in [0.2, 0.25) is 17.7 Å². The molecule has 23 heavy (non-hydrogen) atoms. The third-order valence-electron chi connectivity index (χ3n) is 6.25. The van der Waals surface area contributed by atoms with Crippen LogP contribution in [0.5, 0.6) is 0 Å². The molecule has 2 bridgehead atoms. The minimum absolute atomic E-state index is 0.0175. The van der Waals surface area contributed by atoms with Crippen molar-refractivity contribution in [1.82, 2.24) is 10.2 Å². The zero-order valence-corrected chi connectivity index (χ0v) is 13.4. The Morgan fingerprint density at radius 3 is 2.35 bits per heavy atom. The Morgan fingerprint density at radius 2 is 1.78 bits per heavy atom. The predicted molar refractivity (Wildman–Crippen MR) is 84.1 cm³/mol. The summed E-state index contributed by atoms with van der Waals surface area (Å²) in [6, 6.07) is 0.318. The maximum atomic E-state index is 12.4. The van der Waals surface area contributed by atoms with Gasteiger partial charge in [-0.25, -0.2) is 0 Å². The topological polar surface area (TPSA) is 66.5 Å². The largest absolute Gasteiger partial charge is 0.353 e. The van der Waals surface area contributed by atoms with E-state index in [-0.39, 0.29) is 42.5 Å². The number of hydrogen-bond donors (Lipinski definition) is 1. The standard InChI is InChI=1S/C18H24N2O3/c21-16(19-15-10-11-5-6-12(15)9-11)7-8-20-17(22)13-3-1-2-4-14(13)18(20)23/h1-2,11-15H,3-10H2,(H,19,21)/t11-,12+,13-,14+,15+/m0/s1. The van der Waals surface area contributed by atoms with Crippen LogP contribution in [0.3, 0.4) is 0 Å².